The summed E-state index contributed by atoms with van der Waals surface area (Å²) in [6, 6.07) is 20.7. The van der Waals surface area contributed by atoms with Gasteiger partial charge in [0.25, 0.3) is 0 Å². The van der Waals surface area contributed by atoms with E-state index in [0.29, 0.717) is 0 Å². The number of rotatable bonds is 2. The van der Waals surface area contributed by atoms with Gasteiger partial charge in [0.05, 0.1) is 5.69 Å². The molecule has 0 aliphatic rings. The first-order chi connectivity index (χ1) is 10.4. The quantitative estimate of drug-likeness (QED) is 0.550. The smallest absolute Gasteiger partial charge is 0.234 e. The van der Waals surface area contributed by atoms with E-state index >= 15 is 0 Å². The molecule has 0 radical (unpaired) electrons. The highest BCUT2D eigenvalue weighted by Gasteiger charge is 2.05. The Morgan fingerprint density at radius 2 is 1.43 bits per heavy atom. The number of aromatic nitrogens is 3. The Balaban J connectivity index is 1.73. The van der Waals surface area contributed by atoms with Gasteiger partial charge < -0.3 is 0 Å². The number of fused-ring (bicyclic) bond motifs is 1. The minimum absolute atomic E-state index is 0.722. The van der Waals surface area contributed by atoms with Crippen LogP contribution >= 0.6 is 0 Å². The van der Waals surface area contributed by atoms with E-state index in [0.717, 1.165) is 17.0 Å². The lowest BCUT2D eigenvalue weighted by Crippen LogP contribution is -1.83. The van der Waals surface area contributed by atoms with Crippen LogP contribution in [0.15, 0.2) is 79.3 Å². The van der Waals surface area contributed by atoms with Crippen molar-refractivity contribution in [2.75, 3.05) is 0 Å². The van der Waals surface area contributed by atoms with Gasteiger partial charge in [-0.2, -0.15) is 0 Å². The largest absolute Gasteiger partial charge is 0.291 e. The Labute approximate surface area is 122 Å². The molecule has 0 fully saturated rings. The van der Waals surface area contributed by atoms with Crippen molar-refractivity contribution in [2.24, 2.45) is 0 Å². The summed E-state index contributed by atoms with van der Waals surface area (Å²) in [6.07, 6.45) is 5.71. The van der Waals surface area contributed by atoms with Gasteiger partial charge in [-0.25, -0.2) is 9.97 Å². The fourth-order valence-corrected chi connectivity index (χ4v) is 2.43. The molecule has 0 spiro atoms. The highest BCUT2D eigenvalue weighted by atomic mass is 15.1. The molecule has 4 aromatic rings. The standard InChI is InChI=1S/C18H13N3/c1-2-5-14(6-3-1)15-7-9-16(10-8-15)17-13-21-12-4-11-19-18(21)20-17/h1-13H. The predicted octanol–water partition coefficient (Wildman–Crippen LogP) is 4.06. The first kappa shape index (κ1) is 11.9. The summed E-state index contributed by atoms with van der Waals surface area (Å²) in [5.74, 6) is 0.722. The summed E-state index contributed by atoms with van der Waals surface area (Å²) < 4.78 is 1.93. The normalized spacial score (nSPS) is 10.9. The summed E-state index contributed by atoms with van der Waals surface area (Å²) in [7, 11) is 0. The van der Waals surface area contributed by atoms with Crippen LogP contribution in [0.2, 0.25) is 0 Å². The van der Waals surface area contributed by atoms with Crippen LogP contribution in [0.5, 0.6) is 0 Å². The molecule has 0 aliphatic heterocycles. The van der Waals surface area contributed by atoms with E-state index in [4.69, 9.17) is 0 Å². The molecule has 0 N–H and O–H groups in total. The lowest BCUT2D eigenvalue weighted by molar-refractivity contribution is 1.11. The van der Waals surface area contributed by atoms with Gasteiger partial charge in [-0.3, -0.25) is 4.40 Å². The maximum Gasteiger partial charge on any atom is 0.234 e. The van der Waals surface area contributed by atoms with E-state index < -0.39 is 0 Å². The zero-order valence-electron chi connectivity index (χ0n) is 11.3. The third kappa shape index (κ3) is 2.19. The van der Waals surface area contributed by atoms with Gasteiger partial charge in [-0.15, -0.1) is 0 Å². The fourth-order valence-electron chi connectivity index (χ4n) is 2.43. The van der Waals surface area contributed by atoms with Gasteiger partial charge in [0, 0.05) is 24.2 Å². The third-order valence-corrected chi connectivity index (χ3v) is 3.52. The molecule has 0 saturated carbocycles. The molecule has 3 nitrogen and oxygen atoms in total. The van der Waals surface area contributed by atoms with Crippen molar-refractivity contribution in [1.29, 1.82) is 0 Å². The maximum atomic E-state index is 4.54. The summed E-state index contributed by atoms with van der Waals surface area (Å²) in [5, 5.41) is 0. The number of imidazole rings is 1. The second-order valence-corrected chi connectivity index (χ2v) is 4.90. The number of hydrogen-bond donors (Lipinski definition) is 0. The maximum absolute atomic E-state index is 4.54. The van der Waals surface area contributed by atoms with E-state index in [1.54, 1.807) is 6.20 Å². The SMILES string of the molecule is c1ccc(-c2ccc(-c3cn4cccnc4n3)cc2)cc1. The molecule has 4 rings (SSSR count). The first-order valence-electron chi connectivity index (χ1n) is 6.86. The molecule has 0 amide bonds. The van der Waals surface area contributed by atoms with Crippen molar-refractivity contribution >= 4 is 5.78 Å². The van der Waals surface area contributed by atoms with E-state index in [1.165, 1.54) is 11.1 Å². The average molecular weight is 271 g/mol. The van der Waals surface area contributed by atoms with Crippen molar-refractivity contribution in [3.63, 3.8) is 0 Å². The van der Waals surface area contributed by atoms with Crippen LogP contribution in [0.3, 0.4) is 0 Å². The van der Waals surface area contributed by atoms with Crippen molar-refractivity contribution < 1.29 is 0 Å². The lowest BCUT2D eigenvalue weighted by Gasteiger charge is -2.02. The highest BCUT2D eigenvalue weighted by molar-refractivity contribution is 5.69. The molecule has 0 aliphatic carbocycles. The zero-order valence-corrected chi connectivity index (χ0v) is 11.3. The van der Waals surface area contributed by atoms with Crippen LogP contribution in [-0.2, 0) is 0 Å². The Hall–Kier alpha value is -2.94. The van der Waals surface area contributed by atoms with Crippen molar-refractivity contribution in [1.82, 2.24) is 14.4 Å². The van der Waals surface area contributed by atoms with Gasteiger partial charge in [-0.05, 0) is 17.2 Å². The average Bonchev–Trinajstić information content (AvgIpc) is 3.00. The highest BCUT2D eigenvalue weighted by Crippen LogP contribution is 2.24. The topological polar surface area (TPSA) is 30.2 Å². The van der Waals surface area contributed by atoms with Crippen molar-refractivity contribution in [3.05, 3.63) is 79.3 Å². The van der Waals surface area contributed by atoms with Crippen molar-refractivity contribution in [2.45, 2.75) is 0 Å². The van der Waals surface area contributed by atoms with Crippen molar-refractivity contribution in [3.8, 4) is 22.4 Å². The summed E-state index contributed by atoms with van der Waals surface area (Å²) in [6.45, 7) is 0. The second kappa shape index (κ2) is 4.87. The van der Waals surface area contributed by atoms with Crippen LogP contribution in [0.1, 0.15) is 0 Å². The molecule has 0 bridgehead atoms. The van der Waals surface area contributed by atoms with Gasteiger partial charge >= 0.3 is 0 Å². The Kier molecular flexibility index (Phi) is 2.75. The van der Waals surface area contributed by atoms with Crippen LogP contribution < -0.4 is 0 Å². The van der Waals surface area contributed by atoms with E-state index in [1.807, 2.05) is 28.9 Å². The summed E-state index contributed by atoms with van der Waals surface area (Å²) in [4.78, 5) is 8.78. The lowest BCUT2D eigenvalue weighted by atomic mass is 10.0. The Morgan fingerprint density at radius 1 is 0.714 bits per heavy atom. The van der Waals surface area contributed by atoms with E-state index in [9.17, 15) is 0 Å². The van der Waals surface area contributed by atoms with Gasteiger partial charge in [-0.1, -0.05) is 54.6 Å². The molecule has 2 heterocycles. The number of benzene rings is 2. The van der Waals surface area contributed by atoms with Crippen LogP contribution in [0.4, 0.5) is 0 Å². The zero-order chi connectivity index (χ0) is 14.1. The van der Waals surface area contributed by atoms with Crippen LogP contribution in [0, 0.1) is 0 Å². The first-order valence-corrected chi connectivity index (χ1v) is 6.86. The molecule has 0 atom stereocenters. The number of hydrogen-bond acceptors (Lipinski definition) is 2. The molecule has 3 heteroatoms. The van der Waals surface area contributed by atoms with Gasteiger partial charge in [0.2, 0.25) is 5.78 Å². The van der Waals surface area contributed by atoms with Crippen LogP contribution in [-0.4, -0.2) is 14.4 Å². The Bertz CT molecular complexity index is 844. The summed E-state index contributed by atoms with van der Waals surface area (Å²) in [5.41, 5.74) is 4.47. The third-order valence-electron chi connectivity index (χ3n) is 3.52. The predicted molar refractivity (Wildman–Crippen MR) is 83.9 cm³/mol. The van der Waals surface area contributed by atoms with Crippen LogP contribution in [0.25, 0.3) is 28.2 Å². The molecule has 0 unspecified atom stereocenters. The Morgan fingerprint density at radius 3 is 2.19 bits per heavy atom. The van der Waals surface area contributed by atoms with Gasteiger partial charge in [0.15, 0.2) is 0 Å². The minimum Gasteiger partial charge on any atom is -0.291 e. The molecule has 100 valence electrons. The van der Waals surface area contributed by atoms with Gasteiger partial charge in [0.1, 0.15) is 0 Å². The minimum atomic E-state index is 0.722. The summed E-state index contributed by atoms with van der Waals surface area (Å²) >= 11 is 0. The second-order valence-electron chi connectivity index (χ2n) is 4.90. The molecule has 2 aromatic carbocycles. The molecule has 0 saturated heterocycles. The number of nitrogens with zero attached hydrogens (tertiary/aromatic N) is 3. The molecule has 2 aromatic heterocycles. The molecular formula is C18H13N3. The monoisotopic (exact) mass is 271 g/mol. The molecular weight excluding hydrogens is 258 g/mol. The fraction of sp³-hybridized carbons (Fsp3) is 0. The van der Waals surface area contributed by atoms with E-state index in [-0.39, 0.29) is 0 Å². The molecule has 21 heavy (non-hydrogen) atoms. The van der Waals surface area contributed by atoms with E-state index in [2.05, 4.69) is 58.5 Å².